The van der Waals surface area contributed by atoms with E-state index in [9.17, 15) is 4.79 Å². The number of likely N-dealkylation sites (N-methyl/N-ethyl adjacent to an activating group) is 1. The standard InChI is InChI=1S/C11H21N3O2S/c1-14(7-8-16-2)6-5-13-10(15)11(3-4-11)9(12)17/h3-8H2,1-2H3,(H2,12,17)(H,13,15). The highest BCUT2D eigenvalue weighted by molar-refractivity contribution is 7.80. The number of nitrogens with one attached hydrogen (secondary N) is 1. The van der Waals surface area contributed by atoms with Gasteiger partial charge in [-0.1, -0.05) is 12.2 Å². The van der Waals surface area contributed by atoms with Gasteiger partial charge < -0.3 is 20.7 Å². The van der Waals surface area contributed by atoms with Crippen molar-refractivity contribution in [3.8, 4) is 0 Å². The van der Waals surface area contributed by atoms with Crippen molar-refractivity contribution in [1.82, 2.24) is 10.2 Å². The number of ether oxygens (including phenoxy) is 1. The molecule has 0 spiro atoms. The van der Waals surface area contributed by atoms with Crippen LogP contribution in [0.2, 0.25) is 0 Å². The minimum atomic E-state index is -0.541. The largest absolute Gasteiger partial charge is 0.392 e. The average molecular weight is 259 g/mol. The van der Waals surface area contributed by atoms with Gasteiger partial charge in [0.15, 0.2) is 0 Å². The molecule has 0 aromatic rings. The third kappa shape index (κ3) is 3.90. The maximum Gasteiger partial charge on any atom is 0.233 e. The van der Waals surface area contributed by atoms with Crippen LogP contribution in [0.3, 0.4) is 0 Å². The number of rotatable bonds is 8. The van der Waals surface area contributed by atoms with E-state index in [2.05, 4.69) is 10.2 Å². The number of carbonyl (C=O) groups excluding carboxylic acids is 1. The Morgan fingerprint density at radius 2 is 2.18 bits per heavy atom. The molecule has 0 saturated heterocycles. The predicted octanol–water partition coefficient (Wildman–Crippen LogP) is -0.253. The third-order valence-corrected chi connectivity index (χ3v) is 3.50. The summed E-state index contributed by atoms with van der Waals surface area (Å²) >= 11 is 4.92. The van der Waals surface area contributed by atoms with Crippen LogP contribution in [0, 0.1) is 5.41 Å². The molecule has 1 aliphatic carbocycles. The summed E-state index contributed by atoms with van der Waals surface area (Å²) in [7, 11) is 3.67. The molecule has 0 atom stereocenters. The number of nitrogens with zero attached hydrogens (tertiary/aromatic N) is 1. The number of methoxy groups -OCH3 is 1. The van der Waals surface area contributed by atoms with Crippen LogP contribution in [0.1, 0.15) is 12.8 Å². The van der Waals surface area contributed by atoms with Crippen molar-refractivity contribution in [2.75, 3.05) is 40.4 Å². The lowest BCUT2D eigenvalue weighted by Gasteiger charge is -2.18. The summed E-state index contributed by atoms with van der Waals surface area (Å²) in [6, 6.07) is 0. The summed E-state index contributed by atoms with van der Waals surface area (Å²) in [5.41, 5.74) is 5.03. The smallest absolute Gasteiger partial charge is 0.233 e. The number of amides is 1. The Morgan fingerprint density at radius 3 is 2.65 bits per heavy atom. The normalized spacial score (nSPS) is 16.9. The highest BCUT2D eigenvalue weighted by atomic mass is 32.1. The Bertz CT molecular complexity index is 292. The van der Waals surface area contributed by atoms with Crippen LogP contribution in [0.25, 0.3) is 0 Å². The van der Waals surface area contributed by atoms with Crippen molar-refractivity contribution in [3.63, 3.8) is 0 Å². The van der Waals surface area contributed by atoms with Crippen molar-refractivity contribution < 1.29 is 9.53 Å². The zero-order valence-electron chi connectivity index (χ0n) is 10.5. The molecule has 17 heavy (non-hydrogen) atoms. The van der Waals surface area contributed by atoms with E-state index in [4.69, 9.17) is 22.7 Å². The van der Waals surface area contributed by atoms with Gasteiger partial charge in [0.05, 0.1) is 17.0 Å². The lowest BCUT2D eigenvalue weighted by atomic mass is 10.1. The van der Waals surface area contributed by atoms with Crippen LogP contribution in [-0.4, -0.2) is 56.2 Å². The fraction of sp³-hybridized carbons (Fsp3) is 0.818. The maximum atomic E-state index is 11.8. The van der Waals surface area contributed by atoms with E-state index in [-0.39, 0.29) is 5.91 Å². The van der Waals surface area contributed by atoms with Crippen LogP contribution in [0.15, 0.2) is 0 Å². The molecule has 1 amide bonds. The van der Waals surface area contributed by atoms with Gasteiger partial charge in [0.25, 0.3) is 0 Å². The Labute approximate surface area is 108 Å². The van der Waals surface area contributed by atoms with Crippen molar-refractivity contribution >= 4 is 23.1 Å². The molecule has 3 N–H and O–H groups in total. The van der Waals surface area contributed by atoms with Crippen molar-refractivity contribution in [1.29, 1.82) is 0 Å². The van der Waals surface area contributed by atoms with Gasteiger partial charge in [-0.25, -0.2) is 0 Å². The van der Waals surface area contributed by atoms with Crippen molar-refractivity contribution in [2.24, 2.45) is 11.1 Å². The van der Waals surface area contributed by atoms with Crippen LogP contribution in [0.5, 0.6) is 0 Å². The zero-order chi connectivity index (χ0) is 12.9. The zero-order valence-corrected chi connectivity index (χ0v) is 11.3. The molecule has 98 valence electrons. The first-order valence-electron chi connectivity index (χ1n) is 5.78. The monoisotopic (exact) mass is 259 g/mol. The maximum absolute atomic E-state index is 11.8. The number of carbonyl (C=O) groups is 1. The van der Waals surface area contributed by atoms with E-state index < -0.39 is 5.41 Å². The van der Waals surface area contributed by atoms with E-state index >= 15 is 0 Å². The molecule has 1 fully saturated rings. The lowest BCUT2D eigenvalue weighted by molar-refractivity contribution is -0.124. The first kappa shape index (κ1) is 14.3. The first-order chi connectivity index (χ1) is 8.03. The van der Waals surface area contributed by atoms with Gasteiger partial charge in [-0.3, -0.25) is 4.79 Å². The van der Waals surface area contributed by atoms with E-state index in [1.54, 1.807) is 7.11 Å². The van der Waals surface area contributed by atoms with E-state index in [0.29, 0.717) is 18.1 Å². The minimum Gasteiger partial charge on any atom is -0.392 e. The van der Waals surface area contributed by atoms with Crippen molar-refractivity contribution in [2.45, 2.75) is 12.8 Å². The molecule has 0 aromatic carbocycles. The topological polar surface area (TPSA) is 67.6 Å². The molecule has 0 heterocycles. The van der Waals surface area contributed by atoms with Gasteiger partial charge in [-0.2, -0.15) is 0 Å². The summed E-state index contributed by atoms with van der Waals surface area (Å²) in [6.07, 6.45) is 1.57. The molecule has 0 unspecified atom stereocenters. The Hall–Kier alpha value is -0.720. The third-order valence-electron chi connectivity index (χ3n) is 3.11. The highest BCUT2D eigenvalue weighted by Gasteiger charge is 2.52. The minimum absolute atomic E-state index is 0.0230. The van der Waals surface area contributed by atoms with Crippen LogP contribution < -0.4 is 11.1 Å². The van der Waals surface area contributed by atoms with Crippen molar-refractivity contribution in [3.05, 3.63) is 0 Å². The summed E-state index contributed by atoms with van der Waals surface area (Å²) in [4.78, 5) is 14.3. The van der Waals surface area contributed by atoms with Crippen LogP contribution in [-0.2, 0) is 9.53 Å². The van der Waals surface area contributed by atoms with Gasteiger partial charge in [0, 0.05) is 26.7 Å². The molecule has 1 saturated carbocycles. The second kappa shape index (κ2) is 6.28. The summed E-state index contributed by atoms with van der Waals surface area (Å²) in [6.45, 7) is 2.96. The van der Waals surface area contributed by atoms with Gasteiger partial charge in [-0.05, 0) is 19.9 Å². The number of hydrogen-bond acceptors (Lipinski definition) is 4. The predicted molar refractivity (Wildman–Crippen MR) is 70.8 cm³/mol. The second-order valence-electron chi connectivity index (χ2n) is 4.50. The van der Waals surface area contributed by atoms with E-state index in [1.165, 1.54) is 0 Å². The quantitative estimate of drug-likeness (QED) is 0.588. The Balaban J connectivity index is 2.19. The number of nitrogens with two attached hydrogens (primary N) is 1. The molecule has 1 rings (SSSR count). The van der Waals surface area contributed by atoms with Crippen LogP contribution >= 0.6 is 12.2 Å². The number of thiocarbonyl (C=S) groups is 1. The lowest BCUT2D eigenvalue weighted by Crippen LogP contribution is -2.42. The average Bonchev–Trinajstić information content (AvgIpc) is 3.07. The molecular formula is C11H21N3O2S. The summed E-state index contributed by atoms with van der Waals surface area (Å²) in [5, 5.41) is 2.89. The van der Waals surface area contributed by atoms with E-state index in [1.807, 2.05) is 7.05 Å². The van der Waals surface area contributed by atoms with Crippen LogP contribution in [0.4, 0.5) is 0 Å². The molecule has 0 aromatic heterocycles. The molecule has 0 aliphatic heterocycles. The fourth-order valence-electron chi connectivity index (χ4n) is 1.60. The molecule has 0 radical (unpaired) electrons. The fourth-order valence-corrected chi connectivity index (χ4v) is 1.90. The van der Waals surface area contributed by atoms with Gasteiger partial charge in [0.1, 0.15) is 0 Å². The summed E-state index contributed by atoms with van der Waals surface area (Å²) in [5.74, 6) is -0.0230. The van der Waals surface area contributed by atoms with E-state index in [0.717, 1.165) is 25.9 Å². The van der Waals surface area contributed by atoms with Gasteiger partial charge in [0.2, 0.25) is 5.91 Å². The molecule has 1 aliphatic rings. The van der Waals surface area contributed by atoms with Gasteiger partial charge >= 0.3 is 0 Å². The number of hydrogen-bond donors (Lipinski definition) is 2. The molecule has 0 bridgehead atoms. The second-order valence-corrected chi connectivity index (χ2v) is 4.94. The molecular weight excluding hydrogens is 238 g/mol. The SMILES string of the molecule is COCCN(C)CCNC(=O)C1(C(N)=S)CC1. The van der Waals surface area contributed by atoms with Gasteiger partial charge in [-0.15, -0.1) is 0 Å². The molecule has 5 nitrogen and oxygen atoms in total. The highest BCUT2D eigenvalue weighted by Crippen LogP contribution is 2.46. The summed E-state index contributed by atoms with van der Waals surface area (Å²) < 4.78 is 4.97. The Morgan fingerprint density at radius 1 is 1.53 bits per heavy atom. The molecule has 6 heteroatoms. The Kier molecular flexibility index (Phi) is 5.30. The first-order valence-corrected chi connectivity index (χ1v) is 6.19.